The fraction of sp³-hybridized carbons (Fsp3) is 0.300. The molecule has 0 aliphatic carbocycles. The summed E-state index contributed by atoms with van der Waals surface area (Å²) < 4.78 is 43.8. The number of ether oxygens (including phenoxy) is 1. The Labute approximate surface area is 166 Å². The van der Waals surface area contributed by atoms with Crippen molar-refractivity contribution in [3.8, 4) is 5.75 Å². The summed E-state index contributed by atoms with van der Waals surface area (Å²) in [5.74, 6) is 1.16. The molecule has 0 spiro atoms. The van der Waals surface area contributed by atoms with E-state index in [2.05, 4.69) is 29.9 Å². The molecule has 0 unspecified atom stereocenters. The van der Waals surface area contributed by atoms with Gasteiger partial charge in [-0.3, -0.25) is 4.99 Å². The molecule has 0 amide bonds. The molecule has 154 valence electrons. The van der Waals surface area contributed by atoms with Crippen LogP contribution in [-0.4, -0.2) is 35.5 Å². The number of fused-ring (bicyclic) bond motifs is 1. The van der Waals surface area contributed by atoms with Crippen LogP contribution in [0.1, 0.15) is 11.4 Å². The number of nitrogens with one attached hydrogen (secondary N) is 2. The van der Waals surface area contributed by atoms with Crippen LogP contribution in [0.5, 0.6) is 5.75 Å². The molecule has 0 aliphatic heterocycles. The van der Waals surface area contributed by atoms with Gasteiger partial charge in [0.05, 0.1) is 11.0 Å². The normalized spacial score (nSPS) is 12.2. The first-order valence-electron chi connectivity index (χ1n) is 9.07. The van der Waals surface area contributed by atoms with E-state index < -0.39 is 6.36 Å². The summed E-state index contributed by atoms with van der Waals surface area (Å²) in [5, 5.41) is 6.18. The number of halogens is 3. The number of aryl methyl sites for hydroxylation is 1. The number of alkyl halides is 3. The van der Waals surface area contributed by atoms with Crippen molar-refractivity contribution in [1.29, 1.82) is 0 Å². The molecule has 3 rings (SSSR count). The number of hydrogen-bond acceptors (Lipinski definition) is 3. The van der Waals surface area contributed by atoms with Crippen LogP contribution >= 0.6 is 0 Å². The van der Waals surface area contributed by atoms with Crippen molar-refractivity contribution in [3.63, 3.8) is 0 Å². The SMILES string of the molecule is CN=C(NCCn1c(C)nc2ccccc21)NCc1ccccc1OC(F)(F)F. The topological polar surface area (TPSA) is 63.5 Å². The van der Waals surface area contributed by atoms with Crippen molar-refractivity contribution >= 4 is 17.0 Å². The van der Waals surface area contributed by atoms with Crippen molar-refractivity contribution in [2.24, 2.45) is 4.99 Å². The van der Waals surface area contributed by atoms with E-state index in [1.54, 1.807) is 19.2 Å². The predicted octanol–water partition coefficient (Wildman–Crippen LogP) is 3.61. The highest BCUT2D eigenvalue weighted by atomic mass is 19.4. The number of nitrogens with zero attached hydrogens (tertiary/aromatic N) is 3. The molecule has 0 fully saturated rings. The number of guanidine groups is 1. The molecule has 0 aliphatic rings. The third-order valence-corrected chi connectivity index (χ3v) is 4.34. The van der Waals surface area contributed by atoms with Gasteiger partial charge in [-0.2, -0.15) is 0 Å². The summed E-state index contributed by atoms with van der Waals surface area (Å²) in [6.07, 6.45) is -4.73. The summed E-state index contributed by atoms with van der Waals surface area (Å²) in [6.45, 7) is 3.33. The molecule has 9 heteroatoms. The molecule has 2 N–H and O–H groups in total. The van der Waals surface area contributed by atoms with Crippen molar-refractivity contribution < 1.29 is 17.9 Å². The Morgan fingerprint density at radius 3 is 2.59 bits per heavy atom. The highest BCUT2D eigenvalue weighted by molar-refractivity contribution is 5.79. The molecule has 0 saturated carbocycles. The van der Waals surface area contributed by atoms with Gasteiger partial charge >= 0.3 is 6.36 Å². The van der Waals surface area contributed by atoms with E-state index >= 15 is 0 Å². The van der Waals surface area contributed by atoms with Gasteiger partial charge < -0.3 is 19.9 Å². The maximum Gasteiger partial charge on any atom is 0.573 e. The first kappa shape index (κ1) is 20.5. The van der Waals surface area contributed by atoms with Crippen LogP contribution in [0.25, 0.3) is 11.0 Å². The van der Waals surface area contributed by atoms with Gasteiger partial charge in [0.25, 0.3) is 0 Å². The zero-order valence-electron chi connectivity index (χ0n) is 16.1. The van der Waals surface area contributed by atoms with E-state index in [-0.39, 0.29) is 12.3 Å². The largest absolute Gasteiger partial charge is 0.573 e. The number of imidazole rings is 1. The van der Waals surface area contributed by atoms with E-state index in [0.29, 0.717) is 24.6 Å². The number of para-hydroxylation sites is 3. The van der Waals surface area contributed by atoms with Crippen LogP contribution in [0.2, 0.25) is 0 Å². The van der Waals surface area contributed by atoms with Crippen molar-refractivity contribution in [2.75, 3.05) is 13.6 Å². The first-order chi connectivity index (χ1) is 13.9. The fourth-order valence-corrected chi connectivity index (χ4v) is 3.04. The summed E-state index contributed by atoms with van der Waals surface area (Å²) in [7, 11) is 1.60. The lowest BCUT2D eigenvalue weighted by atomic mass is 10.2. The quantitative estimate of drug-likeness (QED) is 0.486. The summed E-state index contributed by atoms with van der Waals surface area (Å²) in [6, 6.07) is 13.9. The zero-order valence-corrected chi connectivity index (χ0v) is 16.1. The molecule has 0 bridgehead atoms. The molecule has 29 heavy (non-hydrogen) atoms. The molecule has 1 heterocycles. The van der Waals surface area contributed by atoms with E-state index in [0.717, 1.165) is 16.9 Å². The minimum absolute atomic E-state index is 0.138. The van der Waals surface area contributed by atoms with Crippen LogP contribution in [-0.2, 0) is 13.1 Å². The Hall–Kier alpha value is -3.23. The Morgan fingerprint density at radius 2 is 1.83 bits per heavy atom. The maximum atomic E-state index is 12.5. The second kappa shape index (κ2) is 8.85. The van der Waals surface area contributed by atoms with Crippen LogP contribution in [0.4, 0.5) is 13.2 Å². The number of aliphatic imine (C=N–C) groups is 1. The second-order valence-electron chi connectivity index (χ2n) is 6.31. The number of hydrogen-bond donors (Lipinski definition) is 2. The summed E-state index contributed by atoms with van der Waals surface area (Å²) in [5.41, 5.74) is 2.37. The molecule has 0 saturated heterocycles. The van der Waals surface area contributed by atoms with Gasteiger partial charge in [0, 0.05) is 32.2 Å². The van der Waals surface area contributed by atoms with Crippen molar-refractivity contribution in [3.05, 3.63) is 59.9 Å². The molecular formula is C20H22F3N5O. The van der Waals surface area contributed by atoms with Gasteiger partial charge in [-0.05, 0) is 25.1 Å². The van der Waals surface area contributed by atoms with Crippen molar-refractivity contribution in [1.82, 2.24) is 20.2 Å². The Bertz CT molecular complexity index is 997. The lowest BCUT2D eigenvalue weighted by Gasteiger charge is -2.16. The lowest BCUT2D eigenvalue weighted by Crippen LogP contribution is -2.38. The van der Waals surface area contributed by atoms with E-state index in [1.165, 1.54) is 12.1 Å². The number of aromatic nitrogens is 2. The van der Waals surface area contributed by atoms with E-state index in [4.69, 9.17) is 0 Å². The molecule has 0 radical (unpaired) electrons. The minimum atomic E-state index is -4.73. The van der Waals surface area contributed by atoms with E-state index in [9.17, 15) is 13.2 Å². The third-order valence-electron chi connectivity index (χ3n) is 4.34. The van der Waals surface area contributed by atoms with Gasteiger partial charge in [-0.15, -0.1) is 13.2 Å². The molecule has 1 aromatic heterocycles. The van der Waals surface area contributed by atoms with Crippen molar-refractivity contribution in [2.45, 2.75) is 26.4 Å². The Morgan fingerprint density at radius 1 is 1.10 bits per heavy atom. The summed E-state index contributed by atoms with van der Waals surface area (Å²) >= 11 is 0. The van der Waals surface area contributed by atoms with Gasteiger partial charge in [0.15, 0.2) is 5.96 Å². The molecule has 6 nitrogen and oxygen atoms in total. The second-order valence-corrected chi connectivity index (χ2v) is 6.31. The van der Waals surface area contributed by atoms with Gasteiger partial charge in [0.1, 0.15) is 11.6 Å². The Kier molecular flexibility index (Phi) is 6.26. The first-order valence-corrected chi connectivity index (χ1v) is 9.07. The average molecular weight is 405 g/mol. The molecule has 0 atom stereocenters. The monoisotopic (exact) mass is 405 g/mol. The highest BCUT2D eigenvalue weighted by Gasteiger charge is 2.31. The van der Waals surface area contributed by atoms with Gasteiger partial charge in [0.2, 0.25) is 0 Å². The predicted molar refractivity (Wildman–Crippen MR) is 106 cm³/mol. The smallest absolute Gasteiger partial charge is 0.405 e. The molecule has 3 aromatic rings. The van der Waals surface area contributed by atoms with Crippen LogP contribution in [0.15, 0.2) is 53.5 Å². The number of benzene rings is 2. The van der Waals surface area contributed by atoms with Crippen LogP contribution < -0.4 is 15.4 Å². The summed E-state index contributed by atoms with van der Waals surface area (Å²) in [4.78, 5) is 8.65. The van der Waals surface area contributed by atoms with Gasteiger partial charge in [-0.1, -0.05) is 30.3 Å². The zero-order chi connectivity index (χ0) is 20.9. The highest BCUT2D eigenvalue weighted by Crippen LogP contribution is 2.26. The van der Waals surface area contributed by atoms with Crippen LogP contribution in [0.3, 0.4) is 0 Å². The Balaban J connectivity index is 1.57. The average Bonchev–Trinajstić information content (AvgIpc) is 2.99. The van der Waals surface area contributed by atoms with Gasteiger partial charge in [-0.25, -0.2) is 4.98 Å². The molecule has 2 aromatic carbocycles. The number of rotatable bonds is 6. The maximum absolute atomic E-state index is 12.5. The fourth-order valence-electron chi connectivity index (χ4n) is 3.04. The standard InChI is InChI=1S/C20H22F3N5O/c1-14-27-16-8-4-5-9-17(16)28(14)12-11-25-19(24-2)26-13-15-7-3-6-10-18(15)29-20(21,22)23/h3-10H,11-13H2,1-2H3,(H2,24,25,26). The van der Waals surface area contributed by atoms with Crippen LogP contribution in [0, 0.1) is 6.92 Å². The third kappa shape index (κ3) is 5.40. The lowest BCUT2D eigenvalue weighted by molar-refractivity contribution is -0.274. The van der Waals surface area contributed by atoms with E-state index in [1.807, 2.05) is 31.2 Å². The molecular weight excluding hydrogens is 383 g/mol. The minimum Gasteiger partial charge on any atom is -0.405 e.